The summed E-state index contributed by atoms with van der Waals surface area (Å²) in [6, 6.07) is 4.43. The minimum Gasteiger partial charge on any atom is -0.496 e. The van der Waals surface area contributed by atoms with Crippen LogP contribution in [-0.4, -0.2) is 38.8 Å². The number of hydrogen-bond acceptors (Lipinski definition) is 6. The number of ether oxygens (including phenoxy) is 2. The summed E-state index contributed by atoms with van der Waals surface area (Å²) in [6.07, 6.45) is 0. The van der Waals surface area contributed by atoms with Crippen molar-refractivity contribution in [1.29, 1.82) is 0 Å². The van der Waals surface area contributed by atoms with E-state index in [1.54, 1.807) is 0 Å². The van der Waals surface area contributed by atoms with E-state index in [9.17, 15) is 4.79 Å². The highest BCUT2D eigenvalue weighted by Crippen LogP contribution is 2.25. The smallest absolute Gasteiger partial charge is 0.339 e. The van der Waals surface area contributed by atoms with Gasteiger partial charge in [-0.1, -0.05) is 5.21 Å². The van der Waals surface area contributed by atoms with Gasteiger partial charge in [-0.05, 0) is 12.1 Å². The molecule has 1 aromatic heterocycles. The molecule has 2 rings (SSSR count). The van der Waals surface area contributed by atoms with E-state index in [1.807, 2.05) is 0 Å². The van der Waals surface area contributed by atoms with Crippen molar-refractivity contribution in [3.8, 4) is 11.5 Å². The molecule has 8 heteroatoms. The first-order valence-corrected chi connectivity index (χ1v) is 4.97. The number of hydrogen-bond donors (Lipinski definition) is 2. The SMILES string of the molecule is COc1cc(OCc2nn[nH]n2)ccc1C(=O)O. The summed E-state index contributed by atoms with van der Waals surface area (Å²) < 4.78 is 10.3. The largest absolute Gasteiger partial charge is 0.496 e. The molecule has 0 radical (unpaired) electrons. The van der Waals surface area contributed by atoms with Crippen LogP contribution in [0, 0.1) is 0 Å². The zero-order chi connectivity index (χ0) is 13.0. The monoisotopic (exact) mass is 250 g/mol. The molecule has 0 saturated carbocycles. The van der Waals surface area contributed by atoms with Gasteiger partial charge in [0.2, 0.25) is 5.82 Å². The zero-order valence-corrected chi connectivity index (χ0v) is 9.45. The van der Waals surface area contributed by atoms with Crippen molar-refractivity contribution in [2.75, 3.05) is 7.11 Å². The molecule has 0 spiro atoms. The highest BCUT2D eigenvalue weighted by atomic mass is 16.5. The Morgan fingerprint density at radius 3 is 2.94 bits per heavy atom. The van der Waals surface area contributed by atoms with Gasteiger partial charge in [0.1, 0.15) is 17.1 Å². The highest BCUT2D eigenvalue weighted by Gasteiger charge is 2.12. The third kappa shape index (κ3) is 2.54. The number of carboxylic acid groups (broad SMARTS) is 1. The van der Waals surface area contributed by atoms with E-state index in [-0.39, 0.29) is 17.9 Å². The molecule has 0 fully saturated rings. The predicted octanol–water partition coefficient (Wildman–Crippen LogP) is 0.485. The summed E-state index contributed by atoms with van der Waals surface area (Å²) in [6.45, 7) is 0.131. The van der Waals surface area contributed by atoms with E-state index in [4.69, 9.17) is 14.6 Å². The molecule has 0 aliphatic heterocycles. The van der Waals surface area contributed by atoms with Crippen molar-refractivity contribution in [3.05, 3.63) is 29.6 Å². The molecule has 0 unspecified atom stereocenters. The van der Waals surface area contributed by atoms with Gasteiger partial charge in [-0.3, -0.25) is 0 Å². The lowest BCUT2D eigenvalue weighted by Gasteiger charge is -2.08. The molecule has 2 N–H and O–H groups in total. The molecule has 0 amide bonds. The number of nitrogens with one attached hydrogen (secondary N) is 1. The molecule has 94 valence electrons. The lowest BCUT2D eigenvalue weighted by atomic mass is 10.2. The molecule has 0 saturated heterocycles. The van der Waals surface area contributed by atoms with E-state index in [1.165, 1.54) is 25.3 Å². The number of benzene rings is 1. The predicted molar refractivity (Wildman–Crippen MR) is 58.5 cm³/mol. The molecular weight excluding hydrogens is 240 g/mol. The average molecular weight is 250 g/mol. The van der Waals surface area contributed by atoms with Gasteiger partial charge in [0.15, 0.2) is 6.61 Å². The van der Waals surface area contributed by atoms with Crippen molar-refractivity contribution in [1.82, 2.24) is 20.6 Å². The fourth-order valence-corrected chi connectivity index (χ4v) is 1.33. The molecule has 0 aliphatic rings. The van der Waals surface area contributed by atoms with Crippen LogP contribution in [0.15, 0.2) is 18.2 Å². The first-order chi connectivity index (χ1) is 8.70. The van der Waals surface area contributed by atoms with Crippen LogP contribution in [0.2, 0.25) is 0 Å². The Bertz CT molecular complexity index is 541. The average Bonchev–Trinajstić information content (AvgIpc) is 2.88. The Morgan fingerprint density at radius 2 is 2.33 bits per heavy atom. The Kier molecular flexibility index (Phi) is 3.37. The first-order valence-electron chi connectivity index (χ1n) is 4.97. The number of H-pyrrole nitrogens is 1. The number of rotatable bonds is 5. The van der Waals surface area contributed by atoms with Crippen LogP contribution in [0.3, 0.4) is 0 Å². The van der Waals surface area contributed by atoms with E-state index in [0.717, 1.165) is 0 Å². The van der Waals surface area contributed by atoms with Gasteiger partial charge >= 0.3 is 5.97 Å². The number of carboxylic acids is 1. The molecule has 0 atom stereocenters. The maximum absolute atomic E-state index is 10.9. The molecule has 2 aromatic rings. The van der Waals surface area contributed by atoms with Crippen LogP contribution < -0.4 is 9.47 Å². The van der Waals surface area contributed by atoms with E-state index in [2.05, 4.69) is 20.6 Å². The standard InChI is InChI=1S/C10H10N4O4/c1-17-8-4-6(2-3-7(8)10(15)16)18-5-9-11-13-14-12-9/h2-4H,5H2,1H3,(H,15,16)(H,11,12,13,14). The van der Waals surface area contributed by atoms with Gasteiger partial charge < -0.3 is 14.6 Å². The fraction of sp³-hybridized carbons (Fsp3) is 0.200. The lowest BCUT2D eigenvalue weighted by molar-refractivity contribution is 0.0693. The topological polar surface area (TPSA) is 110 Å². The zero-order valence-electron chi connectivity index (χ0n) is 9.45. The lowest BCUT2D eigenvalue weighted by Crippen LogP contribution is -2.02. The molecule has 18 heavy (non-hydrogen) atoms. The molecule has 0 bridgehead atoms. The second-order valence-electron chi connectivity index (χ2n) is 3.28. The first kappa shape index (κ1) is 11.8. The second kappa shape index (κ2) is 5.13. The van der Waals surface area contributed by atoms with Gasteiger partial charge in [0.25, 0.3) is 0 Å². The minimum atomic E-state index is -1.06. The number of aromatic nitrogens is 4. The third-order valence-electron chi connectivity index (χ3n) is 2.16. The summed E-state index contributed by atoms with van der Waals surface area (Å²) in [7, 11) is 1.39. The number of tetrazole rings is 1. The molecule has 1 heterocycles. The van der Waals surface area contributed by atoms with Crippen LogP contribution in [0.1, 0.15) is 16.2 Å². The number of nitrogens with zero attached hydrogens (tertiary/aromatic N) is 3. The molecule has 1 aromatic carbocycles. The molecule has 8 nitrogen and oxygen atoms in total. The Morgan fingerprint density at radius 1 is 1.50 bits per heavy atom. The maximum Gasteiger partial charge on any atom is 0.339 e. The van der Waals surface area contributed by atoms with Gasteiger partial charge in [-0.2, -0.15) is 5.21 Å². The third-order valence-corrected chi connectivity index (χ3v) is 2.16. The number of aromatic amines is 1. The maximum atomic E-state index is 10.9. The van der Waals surface area contributed by atoms with Crippen molar-refractivity contribution < 1.29 is 19.4 Å². The number of aromatic carboxylic acids is 1. The van der Waals surface area contributed by atoms with Crippen LogP contribution >= 0.6 is 0 Å². The van der Waals surface area contributed by atoms with Gasteiger partial charge in [-0.25, -0.2) is 4.79 Å². The molecular formula is C10H10N4O4. The number of carbonyl (C=O) groups is 1. The Hall–Kier alpha value is -2.64. The summed E-state index contributed by atoms with van der Waals surface area (Å²) in [5.74, 6) is 0.0302. The van der Waals surface area contributed by atoms with E-state index < -0.39 is 5.97 Å². The van der Waals surface area contributed by atoms with Gasteiger partial charge in [0, 0.05) is 6.07 Å². The van der Waals surface area contributed by atoms with Gasteiger partial charge in [0.05, 0.1) is 7.11 Å². The van der Waals surface area contributed by atoms with Crippen molar-refractivity contribution in [3.63, 3.8) is 0 Å². The van der Waals surface area contributed by atoms with Crippen LogP contribution in [0.4, 0.5) is 0 Å². The van der Waals surface area contributed by atoms with Crippen LogP contribution in [0.25, 0.3) is 0 Å². The van der Waals surface area contributed by atoms with Crippen molar-refractivity contribution >= 4 is 5.97 Å². The van der Waals surface area contributed by atoms with Crippen LogP contribution in [-0.2, 0) is 6.61 Å². The van der Waals surface area contributed by atoms with Crippen molar-refractivity contribution in [2.45, 2.75) is 6.61 Å². The van der Waals surface area contributed by atoms with E-state index >= 15 is 0 Å². The highest BCUT2D eigenvalue weighted by molar-refractivity contribution is 5.91. The second-order valence-corrected chi connectivity index (χ2v) is 3.28. The van der Waals surface area contributed by atoms with Crippen molar-refractivity contribution in [2.24, 2.45) is 0 Å². The summed E-state index contributed by atoms with van der Waals surface area (Å²) in [5, 5.41) is 22.0. The fourth-order valence-electron chi connectivity index (χ4n) is 1.33. The van der Waals surface area contributed by atoms with Gasteiger partial charge in [-0.15, -0.1) is 10.2 Å². The molecule has 0 aliphatic carbocycles. The van der Waals surface area contributed by atoms with E-state index in [0.29, 0.717) is 11.6 Å². The Balaban J connectivity index is 2.12. The Labute approximate surface area is 102 Å². The normalized spacial score (nSPS) is 10.1. The quantitative estimate of drug-likeness (QED) is 0.794. The minimum absolute atomic E-state index is 0.0735. The number of methoxy groups -OCH3 is 1. The van der Waals surface area contributed by atoms with Crippen LogP contribution in [0.5, 0.6) is 11.5 Å². The summed E-state index contributed by atoms with van der Waals surface area (Å²) in [4.78, 5) is 10.9. The summed E-state index contributed by atoms with van der Waals surface area (Å²) >= 11 is 0. The summed E-state index contributed by atoms with van der Waals surface area (Å²) in [5.41, 5.74) is 0.0735.